The van der Waals surface area contributed by atoms with Crippen molar-refractivity contribution in [3.63, 3.8) is 0 Å². The molecule has 5 rings (SSSR count). The van der Waals surface area contributed by atoms with Gasteiger partial charge in [-0.3, -0.25) is 4.79 Å². The number of phenols is 4. The van der Waals surface area contributed by atoms with Gasteiger partial charge in [0.05, 0.1) is 6.61 Å². The number of hydrogen-bond acceptors (Lipinski definition) is 12. The fourth-order valence-corrected chi connectivity index (χ4v) is 4.21. The predicted octanol–water partition coefficient (Wildman–Crippen LogP) is 2.36. The van der Waals surface area contributed by atoms with Crippen LogP contribution in [0, 0.1) is 0 Å². The van der Waals surface area contributed by atoms with Gasteiger partial charge in [-0.25, -0.2) is 4.79 Å². The number of aromatic hydroxyl groups is 4. The summed E-state index contributed by atoms with van der Waals surface area (Å²) in [6.45, 7) is -0.435. The number of aliphatic hydroxyl groups is 2. The average Bonchev–Trinajstić information content (AvgIpc) is 2.93. The van der Waals surface area contributed by atoms with Crippen LogP contribution in [0.3, 0.4) is 0 Å². The Morgan fingerprint density at radius 3 is 2.24 bits per heavy atom. The van der Waals surface area contributed by atoms with Crippen molar-refractivity contribution in [2.75, 3.05) is 6.61 Å². The van der Waals surface area contributed by atoms with Crippen LogP contribution in [0.4, 0.5) is 0 Å². The highest BCUT2D eigenvalue weighted by Crippen LogP contribution is 2.37. The predicted molar refractivity (Wildman–Crippen MR) is 142 cm³/mol. The van der Waals surface area contributed by atoms with E-state index in [0.29, 0.717) is 5.56 Å². The molecule has 0 radical (unpaired) electrons. The molecule has 2 heterocycles. The Morgan fingerprint density at radius 2 is 1.56 bits per heavy atom. The van der Waals surface area contributed by atoms with Crippen LogP contribution in [-0.2, 0) is 14.3 Å². The minimum Gasteiger partial charge on any atom is -0.508 e. The first kappa shape index (κ1) is 27.5. The topological polar surface area (TPSA) is 196 Å². The van der Waals surface area contributed by atoms with Gasteiger partial charge in [0.15, 0.2) is 11.9 Å². The molecule has 4 aromatic rings. The third-order valence-corrected chi connectivity index (χ3v) is 6.27. The average molecular weight is 564 g/mol. The van der Waals surface area contributed by atoms with Crippen molar-refractivity contribution in [3.05, 3.63) is 82.5 Å². The summed E-state index contributed by atoms with van der Waals surface area (Å²) in [5.74, 6) is -2.63. The Labute approximate surface area is 231 Å². The van der Waals surface area contributed by atoms with Crippen molar-refractivity contribution in [3.8, 4) is 40.1 Å². The van der Waals surface area contributed by atoms with Crippen LogP contribution in [0.15, 0.2) is 76.0 Å². The first-order chi connectivity index (χ1) is 19.6. The maximum Gasteiger partial charge on any atom is 0.331 e. The number of rotatable bonds is 6. The Balaban J connectivity index is 1.52. The maximum atomic E-state index is 13.6. The molecule has 1 fully saturated rings. The van der Waals surface area contributed by atoms with E-state index in [2.05, 4.69) is 0 Å². The SMILES string of the molecule is O=C(C=Cc1ccc(O)cc1)O[C@H]1[C@H](Oc2c(-c3ccc(O)cc3)oc3cc(O)cc(O)c3c2=O)OC[C@H](O)[C@@H]1O. The van der Waals surface area contributed by atoms with E-state index in [0.717, 1.165) is 18.2 Å². The molecule has 41 heavy (non-hydrogen) atoms. The first-order valence-corrected chi connectivity index (χ1v) is 12.2. The molecule has 4 atom stereocenters. The molecule has 1 aliphatic heterocycles. The normalized spacial score (nSPS) is 20.7. The van der Waals surface area contributed by atoms with E-state index in [1.165, 1.54) is 42.5 Å². The van der Waals surface area contributed by atoms with Crippen LogP contribution < -0.4 is 10.2 Å². The highest BCUT2D eigenvalue weighted by atomic mass is 16.7. The van der Waals surface area contributed by atoms with E-state index < -0.39 is 54.1 Å². The number of fused-ring (bicyclic) bond motifs is 1. The Bertz CT molecular complexity index is 1660. The van der Waals surface area contributed by atoms with Gasteiger partial charge >= 0.3 is 5.97 Å². The zero-order valence-electron chi connectivity index (χ0n) is 21.1. The van der Waals surface area contributed by atoms with Gasteiger partial charge in [0, 0.05) is 23.8 Å². The molecule has 12 nitrogen and oxygen atoms in total. The molecule has 0 unspecified atom stereocenters. The molecule has 212 valence electrons. The van der Waals surface area contributed by atoms with Gasteiger partial charge in [-0.15, -0.1) is 0 Å². The largest absolute Gasteiger partial charge is 0.508 e. The molecular weight excluding hydrogens is 540 g/mol. The van der Waals surface area contributed by atoms with Gasteiger partial charge in [0.1, 0.15) is 46.2 Å². The summed E-state index contributed by atoms with van der Waals surface area (Å²) in [6, 6.07) is 13.5. The van der Waals surface area contributed by atoms with E-state index in [9.17, 15) is 40.2 Å². The van der Waals surface area contributed by atoms with Crippen LogP contribution >= 0.6 is 0 Å². The molecule has 0 saturated carbocycles. The van der Waals surface area contributed by atoms with Crippen LogP contribution in [0.5, 0.6) is 28.7 Å². The van der Waals surface area contributed by atoms with Crippen molar-refractivity contribution in [2.24, 2.45) is 0 Å². The molecule has 0 aliphatic carbocycles. The van der Waals surface area contributed by atoms with Gasteiger partial charge in [-0.1, -0.05) is 12.1 Å². The molecule has 1 aliphatic rings. The van der Waals surface area contributed by atoms with Crippen LogP contribution in [-0.4, -0.2) is 67.8 Å². The minimum absolute atomic E-state index is 0.0381. The molecule has 12 heteroatoms. The van der Waals surface area contributed by atoms with E-state index in [-0.39, 0.29) is 39.5 Å². The smallest absolute Gasteiger partial charge is 0.331 e. The standard InChI is InChI=1S/C29H24O12/c30-16-6-1-14(2-7-16)3-10-22(35)40-28-24(36)20(34)13-38-29(28)41-27-25(37)23-19(33)11-18(32)12-21(23)39-26(27)15-4-8-17(31)9-5-15/h1-12,20,24,28-34,36H,13H2/t20-,24-,28+,29-/m0/s1. The number of benzene rings is 3. The van der Waals surface area contributed by atoms with Gasteiger partial charge in [0.2, 0.25) is 17.5 Å². The lowest BCUT2D eigenvalue weighted by molar-refractivity contribution is -0.249. The summed E-state index contributed by atoms with van der Waals surface area (Å²) in [4.78, 5) is 26.2. The lowest BCUT2D eigenvalue weighted by atomic mass is 10.0. The van der Waals surface area contributed by atoms with Crippen molar-refractivity contribution in [2.45, 2.75) is 24.6 Å². The molecule has 1 saturated heterocycles. The summed E-state index contributed by atoms with van der Waals surface area (Å²) in [5, 5.41) is 59.9. The molecule has 0 spiro atoms. The highest BCUT2D eigenvalue weighted by molar-refractivity contribution is 5.88. The van der Waals surface area contributed by atoms with Gasteiger partial charge in [-0.2, -0.15) is 0 Å². The Kier molecular flexibility index (Phi) is 7.53. The summed E-state index contributed by atoms with van der Waals surface area (Å²) < 4.78 is 22.5. The molecule has 1 aromatic heterocycles. The van der Waals surface area contributed by atoms with Crippen molar-refractivity contribution in [1.82, 2.24) is 0 Å². The first-order valence-electron chi connectivity index (χ1n) is 12.2. The zero-order chi connectivity index (χ0) is 29.3. The van der Waals surface area contributed by atoms with Crippen LogP contribution in [0.1, 0.15) is 5.56 Å². The van der Waals surface area contributed by atoms with Gasteiger partial charge in [0.25, 0.3) is 0 Å². The molecule has 3 aromatic carbocycles. The lowest BCUT2D eigenvalue weighted by Crippen LogP contribution is -2.56. The van der Waals surface area contributed by atoms with Crippen LogP contribution in [0.2, 0.25) is 0 Å². The molecule has 0 amide bonds. The summed E-state index contributed by atoms with van der Waals surface area (Å²) in [7, 11) is 0. The fraction of sp³-hybridized carbons (Fsp3) is 0.172. The number of ether oxygens (including phenoxy) is 3. The Hall–Kier alpha value is -5.04. The van der Waals surface area contributed by atoms with E-state index in [4.69, 9.17) is 18.6 Å². The maximum absolute atomic E-state index is 13.6. The lowest BCUT2D eigenvalue weighted by Gasteiger charge is -2.37. The number of hydrogen-bond donors (Lipinski definition) is 6. The van der Waals surface area contributed by atoms with Gasteiger partial charge < -0.3 is 49.3 Å². The second-order valence-corrected chi connectivity index (χ2v) is 9.18. The molecular formula is C29H24O12. The van der Waals surface area contributed by atoms with Gasteiger partial charge in [-0.05, 0) is 48.0 Å². The van der Waals surface area contributed by atoms with E-state index in [1.54, 1.807) is 12.1 Å². The van der Waals surface area contributed by atoms with Crippen molar-refractivity contribution in [1.29, 1.82) is 0 Å². The zero-order valence-corrected chi connectivity index (χ0v) is 21.1. The highest BCUT2D eigenvalue weighted by Gasteiger charge is 2.44. The van der Waals surface area contributed by atoms with Crippen LogP contribution in [0.25, 0.3) is 28.4 Å². The molecule has 6 N–H and O–H groups in total. The number of aliphatic hydroxyl groups excluding tert-OH is 2. The quantitative estimate of drug-likeness (QED) is 0.148. The van der Waals surface area contributed by atoms with E-state index in [1.807, 2.05) is 0 Å². The molecule has 0 bridgehead atoms. The number of phenolic OH excluding ortho intramolecular Hbond substituents is 4. The number of esters is 1. The third kappa shape index (κ3) is 5.79. The summed E-state index contributed by atoms with van der Waals surface area (Å²) >= 11 is 0. The fourth-order valence-electron chi connectivity index (χ4n) is 4.21. The Morgan fingerprint density at radius 1 is 0.902 bits per heavy atom. The second-order valence-electron chi connectivity index (χ2n) is 9.18. The third-order valence-electron chi connectivity index (χ3n) is 6.27. The second kappa shape index (κ2) is 11.2. The number of carbonyl (C=O) groups is 1. The van der Waals surface area contributed by atoms with E-state index >= 15 is 0 Å². The summed E-state index contributed by atoms with van der Waals surface area (Å²) in [6.07, 6.45) is -3.92. The minimum atomic E-state index is -1.67. The number of carbonyl (C=O) groups excluding carboxylic acids is 1. The van der Waals surface area contributed by atoms with Crippen molar-refractivity contribution < 1.29 is 54.1 Å². The summed E-state index contributed by atoms with van der Waals surface area (Å²) in [5.41, 5.74) is -0.244. The van der Waals surface area contributed by atoms with Crippen molar-refractivity contribution >= 4 is 23.0 Å². The monoisotopic (exact) mass is 564 g/mol.